The minimum atomic E-state index is -0.691. The van der Waals surface area contributed by atoms with Crippen molar-refractivity contribution in [3.05, 3.63) is 29.3 Å². The van der Waals surface area contributed by atoms with Gasteiger partial charge in [-0.05, 0) is 44.4 Å². The number of ether oxygens (including phenoxy) is 5. The van der Waals surface area contributed by atoms with Crippen molar-refractivity contribution >= 4 is 12.0 Å². The van der Waals surface area contributed by atoms with E-state index in [1.807, 2.05) is 39.0 Å². The first-order chi connectivity index (χ1) is 17.7. The Balaban J connectivity index is 1.26. The fourth-order valence-electron chi connectivity index (χ4n) is 4.03. The van der Waals surface area contributed by atoms with E-state index in [0.717, 1.165) is 11.1 Å². The third-order valence-electron chi connectivity index (χ3n) is 6.04. The van der Waals surface area contributed by atoms with E-state index in [2.05, 4.69) is 10.6 Å². The number of urea groups is 1. The minimum Gasteiger partial charge on any atom is -0.491 e. The Morgan fingerprint density at radius 3 is 2.73 bits per heavy atom. The molecule has 1 aromatic rings. The number of morpholine rings is 1. The van der Waals surface area contributed by atoms with E-state index in [9.17, 15) is 14.7 Å². The van der Waals surface area contributed by atoms with Gasteiger partial charge >= 0.3 is 12.0 Å². The Labute approximate surface area is 218 Å². The fraction of sp³-hybridized carbons (Fsp3) is 0.692. The molecule has 11 heteroatoms. The SMILES string of the molecule is Cc1cc(CCC(=O)OCC2COC(C)(C)O2)ccc1OCC(O)CNCCNC(=O)N1CCOCC1. The van der Waals surface area contributed by atoms with Crippen LogP contribution in [0.5, 0.6) is 5.75 Å². The molecule has 0 aliphatic carbocycles. The zero-order chi connectivity index (χ0) is 26.7. The second kappa shape index (κ2) is 14.5. The first-order valence-corrected chi connectivity index (χ1v) is 12.9. The van der Waals surface area contributed by atoms with E-state index in [1.165, 1.54) is 0 Å². The lowest BCUT2D eigenvalue weighted by Gasteiger charge is -2.27. The largest absolute Gasteiger partial charge is 0.491 e. The van der Waals surface area contributed by atoms with Crippen molar-refractivity contribution < 1.29 is 38.4 Å². The lowest BCUT2D eigenvalue weighted by atomic mass is 10.1. The van der Waals surface area contributed by atoms with Crippen LogP contribution in [0.15, 0.2) is 18.2 Å². The number of aliphatic hydroxyl groups is 1. The molecule has 0 spiro atoms. The molecular weight excluding hydrogens is 482 g/mol. The summed E-state index contributed by atoms with van der Waals surface area (Å²) in [6, 6.07) is 5.64. The molecule has 2 amide bonds. The van der Waals surface area contributed by atoms with Gasteiger partial charge in [-0.15, -0.1) is 0 Å². The third-order valence-corrected chi connectivity index (χ3v) is 6.04. The third kappa shape index (κ3) is 10.4. The first-order valence-electron chi connectivity index (χ1n) is 12.9. The van der Waals surface area contributed by atoms with Gasteiger partial charge in [-0.1, -0.05) is 12.1 Å². The van der Waals surface area contributed by atoms with Crippen molar-refractivity contribution in [2.45, 2.75) is 51.6 Å². The van der Waals surface area contributed by atoms with E-state index in [-0.39, 0.29) is 37.7 Å². The number of hydrogen-bond acceptors (Lipinski definition) is 9. The van der Waals surface area contributed by atoms with Gasteiger partial charge in [0.05, 0.1) is 19.8 Å². The van der Waals surface area contributed by atoms with E-state index < -0.39 is 11.9 Å². The van der Waals surface area contributed by atoms with Crippen LogP contribution in [-0.2, 0) is 30.2 Å². The number of benzene rings is 1. The molecule has 0 saturated carbocycles. The zero-order valence-corrected chi connectivity index (χ0v) is 22.1. The van der Waals surface area contributed by atoms with Crippen LogP contribution in [0.25, 0.3) is 0 Å². The van der Waals surface area contributed by atoms with Gasteiger partial charge in [0, 0.05) is 39.1 Å². The Hall–Kier alpha value is -2.44. The summed E-state index contributed by atoms with van der Waals surface area (Å²) in [5.74, 6) is -0.223. The van der Waals surface area contributed by atoms with Crippen molar-refractivity contribution in [1.29, 1.82) is 0 Å². The molecule has 2 fully saturated rings. The highest BCUT2D eigenvalue weighted by molar-refractivity contribution is 5.74. The molecule has 2 unspecified atom stereocenters. The van der Waals surface area contributed by atoms with Gasteiger partial charge in [0.25, 0.3) is 0 Å². The number of amides is 2. The molecule has 0 bridgehead atoms. The van der Waals surface area contributed by atoms with E-state index >= 15 is 0 Å². The van der Waals surface area contributed by atoms with Crippen LogP contribution in [0.4, 0.5) is 4.79 Å². The van der Waals surface area contributed by atoms with Crippen LogP contribution < -0.4 is 15.4 Å². The predicted molar refractivity (Wildman–Crippen MR) is 136 cm³/mol. The normalized spacial score (nSPS) is 19.9. The average Bonchev–Trinajstić information content (AvgIpc) is 3.24. The highest BCUT2D eigenvalue weighted by Gasteiger charge is 2.33. The van der Waals surface area contributed by atoms with E-state index in [0.29, 0.717) is 64.7 Å². The van der Waals surface area contributed by atoms with Gasteiger partial charge in [-0.2, -0.15) is 0 Å². The van der Waals surface area contributed by atoms with Crippen LogP contribution in [0.1, 0.15) is 31.4 Å². The maximum atomic E-state index is 12.1. The molecule has 2 aliphatic rings. The quantitative estimate of drug-likeness (QED) is 0.256. The van der Waals surface area contributed by atoms with Gasteiger partial charge in [-0.3, -0.25) is 4.79 Å². The molecule has 3 N–H and O–H groups in total. The molecule has 2 saturated heterocycles. The first kappa shape index (κ1) is 29.1. The number of carbonyl (C=O) groups is 2. The molecule has 37 heavy (non-hydrogen) atoms. The lowest BCUT2D eigenvalue weighted by Crippen LogP contribution is -2.47. The average molecular weight is 524 g/mol. The summed E-state index contributed by atoms with van der Waals surface area (Å²) in [7, 11) is 0. The summed E-state index contributed by atoms with van der Waals surface area (Å²) >= 11 is 0. The maximum Gasteiger partial charge on any atom is 0.317 e. The summed E-state index contributed by atoms with van der Waals surface area (Å²) in [6.07, 6.45) is -0.0938. The molecule has 2 atom stereocenters. The lowest BCUT2D eigenvalue weighted by molar-refractivity contribution is -0.158. The Morgan fingerprint density at radius 2 is 2.03 bits per heavy atom. The number of hydrogen-bond donors (Lipinski definition) is 3. The molecule has 2 aliphatic heterocycles. The van der Waals surface area contributed by atoms with E-state index in [1.54, 1.807) is 4.90 Å². The van der Waals surface area contributed by atoms with E-state index in [4.69, 9.17) is 23.7 Å². The van der Waals surface area contributed by atoms with Crippen molar-refractivity contribution in [3.63, 3.8) is 0 Å². The molecule has 1 aromatic carbocycles. The second-order valence-corrected chi connectivity index (χ2v) is 9.73. The van der Waals surface area contributed by atoms with Crippen LogP contribution in [-0.4, -0.2) is 106 Å². The Kier molecular flexibility index (Phi) is 11.4. The highest BCUT2D eigenvalue weighted by atomic mass is 16.7. The summed E-state index contributed by atoms with van der Waals surface area (Å²) in [6.45, 7) is 10.1. The van der Waals surface area contributed by atoms with Crippen molar-refractivity contribution in [2.24, 2.45) is 0 Å². The number of aryl methyl sites for hydroxylation is 2. The van der Waals surface area contributed by atoms with Crippen LogP contribution in [0.2, 0.25) is 0 Å². The number of rotatable bonds is 13. The topological polar surface area (TPSA) is 128 Å². The summed E-state index contributed by atoms with van der Waals surface area (Å²) in [5, 5.41) is 16.2. The van der Waals surface area contributed by atoms with Crippen LogP contribution >= 0.6 is 0 Å². The smallest absolute Gasteiger partial charge is 0.317 e. The zero-order valence-electron chi connectivity index (χ0n) is 22.1. The second-order valence-electron chi connectivity index (χ2n) is 9.73. The Bertz CT molecular complexity index is 875. The van der Waals surface area contributed by atoms with Gasteiger partial charge in [0.1, 0.15) is 31.2 Å². The van der Waals surface area contributed by atoms with Crippen LogP contribution in [0.3, 0.4) is 0 Å². The van der Waals surface area contributed by atoms with Gasteiger partial charge < -0.3 is 44.3 Å². The minimum absolute atomic E-state index is 0.0947. The molecule has 208 valence electrons. The van der Waals surface area contributed by atoms with Crippen molar-refractivity contribution in [2.75, 3.05) is 65.8 Å². The number of nitrogens with zero attached hydrogens (tertiary/aromatic N) is 1. The maximum absolute atomic E-state index is 12.1. The molecule has 3 rings (SSSR count). The molecule has 2 heterocycles. The summed E-state index contributed by atoms with van der Waals surface area (Å²) in [5.41, 5.74) is 1.93. The summed E-state index contributed by atoms with van der Waals surface area (Å²) in [4.78, 5) is 25.8. The molecule has 0 radical (unpaired) electrons. The molecule has 0 aromatic heterocycles. The number of esters is 1. The fourth-order valence-corrected chi connectivity index (χ4v) is 4.03. The van der Waals surface area contributed by atoms with Gasteiger partial charge in [0.15, 0.2) is 5.79 Å². The van der Waals surface area contributed by atoms with Crippen molar-refractivity contribution in [1.82, 2.24) is 15.5 Å². The van der Waals surface area contributed by atoms with Crippen LogP contribution in [0, 0.1) is 6.92 Å². The van der Waals surface area contributed by atoms with Gasteiger partial charge in [0.2, 0.25) is 0 Å². The number of nitrogens with one attached hydrogen (secondary N) is 2. The van der Waals surface area contributed by atoms with Crippen molar-refractivity contribution in [3.8, 4) is 5.75 Å². The standard InChI is InChI=1S/C26H41N3O8/c1-19-14-20(5-7-24(31)35-17-22-18-36-26(2,3)37-22)4-6-23(19)34-16-21(30)15-27-8-9-28-25(32)29-10-12-33-13-11-29/h4,6,14,21-22,27,30H,5,7-13,15-18H2,1-3H3,(H,28,32). The monoisotopic (exact) mass is 523 g/mol. The summed E-state index contributed by atoms with van der Waals surface area (Å²) < 4.78 is 27.4. The Morgan fingerprint density at radius 1 is 1.24 bits per heavy atom. The number of aliphatic hydroxyl groups excluding tert-OH is 1. The predicted octanol–water partition coefficient (Wildman–Crippen LogP) is 0.993. The molecular formula is C26H41N3O8. The highest BCUT2D eigenvalue weighted by Crippen LogP contribution is 2.23. The molecule has 11 nitrogen and oxygen atoms in total. The van der Waals surface area contributed by atoms with Gasteiger partial charge in [-0.25, -0.2) is 4.79 Å². The number of carbonyl (C=O) groups excluding carboxylic acids is 2.